The number of likely N-dealkylation sites (tertiary alicyclic amines) is 1. The van der Waals surface area contributed by atoms with E-state index in [-0.39, 0.29) is 24.9 Å². The molecule has 6 heteroatoms. The van der Waals surface area contributed by atoms with Gasteiger partial charge < -0.3 is 14.7 Å². The summed E-state index contributed by atoms with van der Waals surface area (Å²) in [5.41, 5.74) is 0.975. The van der Waals surface area contributed by atoms with Crippen molar-refractivity contribution in [3.8, 4) is 0 Å². The third-order valence-electron chi connectivity index (χ3n) is 4.30. The molecular weight excluding hydrogens is 296 g/mol. The van der Waals surface area contributed by atoms with Crippen LogP contribution < -0.4 is 0 Å². The molecule has 1 saturated heterocycles. The SMILES string of the molecule is COCCN(C)CC(=O)N1C[C@@H](C(=O)O)[C@H](c2ccccc2)C1. The van der Waals surface area contributed by atoms with Crippen LogP contribution in [0.2, 0.25) is 0 Å². The van der Waals surface area contributed by atoms with E-state index in [1.54, 1.807) is 12.0 Å². The highest BCUT2D eigenvalue weighted by atomic mass is 16.5. The minimum absolute atomic E-state index is 0.0340. The van der Waals surface area contributed by atoms with Crippen molar-refractivity contribution in [1.29, 1.82) is 0 Å². The molecule has 0 spiro atoms. The van der Waals surface area contributed by atoms with Gasteiger partial charge in [-0.25, -0.2) is 0 Å². The van der Waals surface area contributed by atoms with Crippen LogP contribution in [-0.4, -0.2) is 73.7 Å². The number of nitrogens with zero attached hydrogens (tertiary/aromatic N) is 2. The maximum absolute atomic E-state index is 12.4. The number of hydrogen-bond donors (Lipinski definition) is 1. The summed E-state index contributed by atoms with van der Waals surface area (Å²) in [6.07, 6.45) is 0. The molecule has 1 heterocycles. The lowest BCUT2D eigenvalue weighted by atomic mass is 9.89. The predicted octanol–water partition coefficient (Wildman–Crippen LogP) is 0.891. The molecule has 1 aromatic rings. The number of benzene rings is 1. The van der Waals surface area contributed by atoms with Gasteiger partial charge in [-0.15, -0.1) is 0 Å². The molecular formula is C17H24N2O4. The number of carboxylic acid groups (broad SMARTS) is 1. The molecule has 0 aliphatic carbocycles. The summed E-state index contributed by atoms with van der Waals surface area (Å²) in [7, 11) is 3.48. The van der Waals surface area contributed by atoms with E-state index in [1.807, 2.05) is 42.3 Å². The summed E-state index contributed by atoms with van der Waals surface area (Å²) in [6, 6.07) is 9.56. The first-order valence-corrected chi connectivity index (χ1v) is 7.76. The number of aliphatic carboxylic acids is 1. The van der Waals surface area contributed by atoms with Crippen molar-refractivity contribution in [2.24, 2.45) is 5.92 Å². The monoisotopic (exact) mass is 320 g/mol. The fourth-order valence-corrected chi connectivity index (χ4v) is 2.95. The fourth-order valence-electron chi connectivity index (χ4n) is 2.95. The average Bonchev–Trinajstić information content (AvgIpc) is 2.99. The first-order valence-electron chi connectivity index (χ1n) is 7.76. The molecule has 0 bridgehead atoms. The standard InChI is InChI=1S/C17H24N2O4/c1-18(8-9-23-2)12-16(20)19-10-14(15(11-19)17(21)22)13-6-4-3-5-7-13/h3-7,14-15H,8-12H2,1-2H3,(H,21,22)/t14-,15+/m0/s1. The van der Waals surface area contributed by atoms with Crippen molar-refractivity contribution < 1.29 is 19.4 Å². The van der Waals surface area contributed by atoms with Gasteiger partial charge in [-0.05, 0) is 12.6 Å². The smallest absolute Gasteiger partial charge is 0.308 e. The maximum atomic E-state index is 12.4. The van der Waals surface area contributed by atoms with E-state index in [0.29, 0.717) is 19.7 Å². The lowest BCUT2D eigenvalue weighted by molar-refractivity contribution is -0.141. The highest BCUT2D eigenvalue weighted by Crippen LogP contribution is 2.32. The third kappa shape index (κ3) is 4.53. The van der Waals surface area contributed by atoms with Gasteiger partial charge in [0.05, 0.1) is 19.1 Å². The molecule has 23 heavy (non-hydrogen) atoms. The quantitative estimate of drug-likeness (QED) is 0.808. The second-order valence-corrected chi connectivity index (χ2v) is 5.99. The molecule has 6 nitrogen and oxygen atoms in total. The Hall–Kier alpha value is -1.92. The summed E-state index contributed by atoms with van der Waals surface area (Å²) in [4.78, 5) is 27.5. The lowest BCUT2D eigenvalue weighted by Crippen LogP contribution is -2.39. The maximum Gasteiger partial charge on any atom is 0.308 e. The van der Waals surface area contributed by atoms with Crippen LogP contribution in [0, 0.1) is 5.92 Å². The molecule has 1 aliphatic heterocycles. The largest absolute Gasteiger partial charge is 0.481 e. The Morgan fingerprint density at radius 2 is 2.00 bits per heavy atom. The number of carboxylic acids is 1. The zero-order valence-corrected chi connectivity index (χ0v) is 13.6. The van der Waals surface area contributed by atoms with Crippen LogP contribution in [0.1, 0.15) is 11.5 Å². The Morgan fingerprint density at radius 3 is 2.61 bits per heavy atom. The van der Waals surface area contributed by atoms with Crippen LogP contribution in [0.15, 0.2) is 30.3 Å². The Kier molecular flexibility index (Phi) is 6.12. The van der Waals surface area contributed by atoms with Crippen LogP contribution in [0.5, 0.6) is 0 Å². The molecule has 126 valence electrons. The molecule has 1 aliphatic rings. The highest BCUT2D eigenvalue weighted by molar-refractivity contribution is 5.81. The summed E-state index contributed by atoms with van der Waals surface area (Å²) in [5.74, 6) is -1.58. The van der Waals surface area contributed by atoms with Gasteiger partial charge in [-0.1, -0.05) is 30.3 Å². The van der Waals surface area contributed by atoms with Crippen molar-refractivity contribution in [2.75, 3.05) is 46.9 Å². The van der Waals surface area contributed by atoms with Crippen molar-refractivity contribution in [3.05, 3.63) is 35.9 Å². The van der Waals surface area contributed by atoms with Crippen LogP contribution >= 0.6 is 0 Å². The first-order chi connectivity index (χ1) is 11.0. The van der Waals surface area contributed by atoms with E-state index in [1.165, 1.54) is 0 Å². The van der Waals surface area contributed by atoms with E-state index in [4.69, 9.17) is 4.74 Å². The van der Waals surface area contributed by atoms with E-state index < -0.39 is 11.9 Å². The Labute approximate surface area is 136 Å². The molecule has 0 radical (unpaired) electrons. The van der Waals surface area contributed by atoms with E-state index in [0.717, 1.165) is 5.56 Å². The van der Waals surface area contributed by atoms with Crippen molar-refractivity contribution >= 4 is 11.9 Å². The van der Waals surface area contributed by atoms with Gasteiger partial charge in [0.15, 0.2) is 0 Å². The predicted molar refractivity (Wildman–Crippen MR) is 86.3 cm³/mol. The molecule has 1 aromatic carbocycles. The van der Waals surface area contributed by atoms with Crippen molar-refractivity contribution in [3.63, 3.8) is 0 Å². The molecule has 0 unspecified atom stereocenters. The van der Waals surface area contributed by atoms with Crippen molar-refractivity contribution in [2.45, 2.75) is 5.92 Å². The Morgan fingerprint density at radius 1 is 1.30 bits per heavy atom. The number of carbonyl (C=O) groups excluding carboxylic acids is 1. The number of carbonyl (C=O) groups is 2. The van der Waals surface area contributed by atoms with Gasteiger partial charge in [0, 0.05) is 32.7 Å². The van der Waals surface area contributed by atoms with Gasteiger partial charge in [0.2, 0.25) is 5.91 Å². The lowest BCUT2D eigenvalue weighted by Gasteiger charge is -2.21. The van der Waals surface area contributed by atoms with Gasteiger partial charge in [0.25, 0.3) is 0 Å². The second-order valence-electron chi connectivity index (χ2n) is 5.99. The highest BCUT2D eigenvalue weighted by Gasteiger charge is 2.40. The molecule has 0 saturated carbocycles. The third-order valence-corrected chi connectivity index (χ3v) is 4.30. The Balaban J connectivity index is 2.02. The minimum Gasteiger partial charge on any atom is -0.481 e. The van der Waals surface area contributed by atoms with E-state index in [9.17, 15) is 14.7 Å². The number of amides is 1. The van der Waals surface area contributed by atoms with Gasteiger partial charge >= 0.3 is 5.97 Å². The van der Waals surface area contributed by atoms with Crippen LogP contribution in [0.25, 0.3) is 0 Å². The zero-order valence-electron chi connectivity index (χ0n) is 13.6. The molecule has 1 amide bonds. The number of hydrogen-bond acceptors (Lipinski definition) is 4. The first kappa shape index (κ1) is 17.4. The van der Waals surface area contributed by atoms with Crippen LogP contribution in [-0.2, 0) is 14.3 Å². The van der Waals surface area contributed by atoms with Gasteiger partial charge in [-0.3, -0.25) is 14.5 Å². The molecule has 1 fully saturated rings. The van der Waals surface area contributed by atoms with Gasteiger partial charge in [-0.2, -0.15) is 0 Å². The zero-order chi connectivity index (χ0) is 16.8. The molecule has 2 atom stereocenters. The average molecular weight is 320 g/mol. The van der Waals surface area contributed by atoms with E-state index >= 15 is 0 Å². The van der Waals surface area contributed by atoms with Gasteiger partial charge in [0.1, 0.15) is 0 Å². The number of methoxy groups -OCH3 is 1. The number of likely N-dealkylation sites (N-methyl/N-ethyl adjacent to an activating group) is 1. The summed E-state index contributed by atoms with van der Waals surface area (Å²) >= 11 is 0. The second kappa shape index (κ2) is 8.08. The Bertz CT molecular complexity index is 535. The summed E-state index contributed by atoms with van der Waals surface area (Å²) < 4.78 is 5.00. The van der Waals surface area contributed by atoms with Crippen molar-refractivity contribution in [1.82, 2.24) is 9.80 Å². The number of rotatable bonds is 7. The molecule has 1 N–H and O–H groups in total. The fraction of sp³-hybridized carbons (Fsp3) is 0.529. The molecule has 2 rings (SSSR count). The topological polar surface area (TPSA) is 70.1 Å². The summed E-state index contributed by atoms with van der Waals surface area (Å²) in [6.45, 7) is 2.23. The van der Waals surface area contributed by atoms with Crippen LogP contribution in [0.3, 0.4) is 0 Å². The minimum atomic E-state index is -0.845. The summed E-state index contributed by atoms with van der Waals surface area (Å²) in [5, 5.41) is 9.48. The van der Waals surface area contributed by atoms with E-state index in [2.05, 4.69) is 0 Å². The van der Waals surface area contributed by atoms with Crippen LogP contribution in [0.4, 0.5) is 0 Å². The molecule has 0 aromatic heterocycles. The normalized spacial score (nSPS) is 20.9. The number of ether oxygens (including phenoxy) is 1.